The number of carboxylic acids is 2. The summed E-state index contributed by atoms with van der Waals surface area (Å²) in [5.74, 6) is -2.15. The van der Waals surface area contributed by atoms with Gasteiger partial charge in [-0.1, -0.05) is 0 Å². The number of rotatable bonds is 3. The van der Waals surface area contributed by atoms with Gasteiger partial charge in [0.25, 0.3) is 0 Å². The Morgan fingerprint density at radius 1 is 1.00 bits per heavy atom. The second-order valence-corrected chi connectivity index (χ2v) is 1.29. The van der Waals surface area contributed by atoms with Gasteiger partial charge < -0.3 is 10.2 Å². The summed E-state index contributed by atoms with van der Waals surface area (Å²) in [6, 6.07) is 0. The van der Waals surface area contributed by atoms with Crippen molar-refractivity contribution in [1.82, 2.24) is 0 Å². The maximum absolute atomic E-state index is 9.64. The zero-order valence-electron chi connectivity index (χ0n) is 4.83. The molecular formula is C4H6HgO4. The SMILES string of the molecule is O=C(O)CCC(=O)O.[Hg]. The maximum atomic E-state index is 9.64. The van der Waals surface area contributed by atoms with Gasteiger partial charge in [0.2, 0.25) is 0 Å². The summed E-state index contributed by atoms with van der Waals surface area (Å²) in [4.78, 5) is 19.3. The van der Waals surface area contributed by atoms with Crippen LogP contribution in [0.4, 0.5) is 0 Å². The minimum Gasteiger partial charge on any atom is -0.481 e. The molecule has 0 aromatic heterocycles. The van der Waals surface area contributed by atoms with Gasteiger partial charge in [0.1, 0.15) is 0 Å². The summed E-state index contributed by atoms with van der Waals surface area (Å²) >= 11 is 0. The van der Waals surface area contributed by atoms with Crippen LogP contribution in [0.1, 0.15) is 12.8 Å². The van der Waals surface area contributed by atoms with Crippen molar-refractivity contribution >= 4 is 11.9 Å². The van der Waals surface area contributed by atoms with E-state index in [1.807, 2.05) is 0 Å². The quantitative estimate of drug-likeness (QED) is 0.715. The zero-order valence-corrected chi connectivity index (χ0v) is 10.3. The van der Waals surface area contributed by atoms with Gasteiger partial charge in [-0.25, -0.2) is 0 Å². The van der Waals surface area contributed by atoms with Crippen molar-refractivity contribution in [2.75, 3.05) is 0 Å². The number of carboxylic acid groups (broad SMARTS) is 2. The van der Waals surface area contributed by atoms with Crippen LogP contribution >= 0.6 is 0 Å². The predicted molar refractivity (Wildman–Crippen MR) is 24.5 cm³/mol. The number of aliphatic carboxylic acids is 2. The second kappa shape index (κ2) is 6.00. The topological polar surface area (TPSA) is 74.6 Å². The van der Waals surface area contributed by atoms with Crippen LogP contribution < -0.4 is 0 Å². The standard InChI is InChI=1S/C4H6O4.Hg/c5-3(6)1-2-4(7)8;/h1-2H2,(H,5,6)(H,7,8);. The molecule has 0 aliphatic carbocycles. The maximum Gasteiger partial charge on any atom is 0.303 e. The summed E-state index contributed by atoms with van der Waals surface area (Å²) in [7, 11) is 0. The molecule has 0 spiro atoms. The Morgan fingerprint density at radius 2 is 1.22 bits per heavy atom. The fourth-order valence-corrected chi connectivity index (χ4v) is 0.214. The van der Waals surface area contributed by atoms with Crippen LogP contribution in [0.2, 0.25) is 0 Å². The third-order valence-electron chi connectivity index (χ3n) is 0.553. The molecule has 0 unspecified atom stereocenters. The first-order valence-corrected chi connectivity index (χ1v) is 2.06. The van der Waals surface area contributed by atoms with E-state index in [4.69, 9.17) is 10.2 Å². The van der Waals surface area contributed by atoms with Gasteiger partial charge >= 0.3 is 11.9 Å². The van der Waals surface area contributed by atoms with Crippen molar-refractivity contribution in [3.63, 3.8) is 0 Å². The van der Waals surface area contributed by atoms with E-state index in [2.05, 4.69) is 0 Å². The zero-order chi connectivity index (χ0) is 6.57. The van der Waals surface area contributed by atoms with Gasteiger partial charge in [-0.2, -0.15) is 0 Å². The summed E-state index contributed by atoms with van der Waals surface area (Å²) in [6.07, 6.45) is -0.593. The molecule has 2 N–H and O–H groups in total. The third-order valence-corrected chi connectivity index (χ3v) is 0.553. The van der Waals surface area contributed by atoms with E-state index in [1.165, 1.54) is 0 Å². The molecular weight excluding hydrogens is 313 g/mol. The smallest absolute Gasteiger partial charge is 0.303 e. The van der Waals surface area contributed by atoms with Crippen molar-refractivity contribution in [3.05, 3.63) is 0 Å². The van der Waals surface area contributed by atoms with Crippen molar-refractivity contribution in [3.8, 4) is 0 Å². The van der Waals surface area contributed by atoms with Crippen LogP contribution in [0.15, 0.2) is 0 Å². The molecule has 0 rings (SSSR count). The van der Waals surface area contributed by atoms with Crippen molar-refractivity contribution in [1.29, 1.82) is 0 Å². The molecule has 0 aliphatic rings. The van der Waals surface area contributed by atoms with Gasteiger partial charge in [0.15, 0.2) is 0 Å². The Balaban J connectivity index is 0. The van der Waals surface area contributed by atoms with Gasteiger partial charge in [-0.05, 0) is 0 Å². The van der Waals surface area contributed by atoms with Gasteiger partial charge in [0, 0.05) is 27.7 Å². The molecule has 0 heterocycles. The summed E-state index contributed by atoms with van der Waals surface area (Å²) in [5.41, 5.74) is 0. The Morgan fingerprint density at radius 3 is 1.33 bits per heavy atom. The van der Waals surface area contributed by atoms with Crippen LogP contribution in [0, 0.1) is 0 Å². The van der Waals surface area contributed by atoms with E-state index >= 15 is 0 Å². The molecule has 0 saturated heterocycles. The fraction of sp³-hybridized carbons (Fsp3) is 0.500. The van der Waals surface area contributed by atoms with Crippen LogP contribution in [0.5, 0.6) is 0 Å². The first-order valence-electron chi connectivity index (χ1n) is 2.06. The first-order chi connectivity index (χ1) is 3.63. The summed E-state index contributed by atoms with van der Waals surface area (Å²) < 4.78 is 0. The third kappa shape index (κ3) is 11.4. The molecule has 0 aromatic rings. The van der Waals surface area contributed by atoms with E-state index in [0.29, 0.717) is 0 Å². The van der Waals surface area contributed by atoms with Crippen molar-refractivity contribution in [2.24, 2.45) is 0 Å². The van der Waals surface area contributed by atoms with Gasteiger partial charge in [-0.3, -0.25) is 9.59 Å². The molecule has 9 heavy (non-hydrogen) atoms. The Bertz CT molecular complexity index is 97.1. The molecule has 0 aliphatic heterocycles. The molecule has 0 aromatic carbocycles. The monoisotopic (exact) mass is 320 g/mol. The van der Waals surface area contributed by atoms with Crippen LogP contribution in [0.3, 0.4) is 0 Å². The molecule has 5 heteroatoms. The van der Waals surface area contributed by atoms with E-state index in [-0.39, 0.29) is 40.5 Å². The number of hydrogen-bond donors (Lipinski definition) is 2. The van der Waals surface area contributed by atoms with Crippen LogP contribution in [-0.4, -0.2) is 22.2 Å². The number of hydrogen-bond acceptors (Lipinski definition) is 2. The van der Waals surface area contributed by atoms with Crippen LogP contribution in [-0.2, 0) is 37.3 Å². The normalized spacial score (nSPS) is 7.56. The second-order valence-electron chi connectivity index (χ2n) is 1.29. The van der Waals surface area contributed by atoms with Crippen molar-refractivity contribution < 1.29 is 47.5 Å². The molecule has 0 bridgehead atoms. The first kappa shape index (κ1) is 11.6. The Hall–Kier alpha value is -0.125. The molecule has 0 radical (unpaired) electrons. The molecule has 0 amide bonds. The van der Waals surface area contributed by atoms with E-state index in [0.717, 1.165) is 0 Å². The van der Waals surface area contributed by atoms with Gasteiger partial charge in [0.05, 0.1) is 12.8 Å². The minimum absolute atomic E-state index is 0. The van der Waals surface area contributed by atoms with E-state index in [9.17, 15) is 9.59 Å². The average molecular weight is 319 g/mol. The Kier molecular flexibility index (Phi) is 7.77. The molecule has 0 saturated carbocycles. The molecule has 48 valence electrons. The van der Waals surface area contributed by atoms with Crippen molar-refractivity contribution in [2.45, 2.75) is 12.8 Å². The largest absolute Gasteiger partial charge is 0.481 e. The Labute approximate surface area is 72.4 Å². The average Bonchev–Trinajstić information content (AvgIpc) is 1.61. The minimum atomic E-state index is -1.08. The molecule has 0 fully saturated rings. The van der Waals surface area contributed by atoms with E-state index in [1.54, 1.807) is 0 Å². The molecule has 4 nitrogen and oxygen atoms in total. The van der Waals surface area contributed by atoms with Gasteiger partial charge in [-0.15, -0.1) is 0 Å². The summed E-state index contributed by atoms with van der Waals surface area (Å²) in [6.45, 7) is 0. The predicted octanol–water partition coefficient (Wildman–Crippen LogP) is -0.0667. The number of carbonyl (C=O) groups is 2. The molecule has 0 atom stereocenters. The fourth-order valence-electron chi connectivity index (χ4n) is 0.214. The van der Waals surface area contributed by atoms with E-state index < -0.39 is 11.9 Å². The summed E-state index contributed by atoms with van der Waals surface area (Å²) in [5, 5.41) is 15.8. The van der Waals surface area contributed by atoms with Crippen LogP contribution in [0.25, 0.3) is 0 Å².